The molecule has 0 aliphatic carbocycles. The van der Waals surface area contributed by atoms with Gasteiger partial charge in [0.25, 0.3) is 0 Å². The lowest BCUT2D eigenvalue weighted by Crippen LogP contribution is -1.92. The van der Waals surface area contributed by atoms with E-state index in [2.05, 4.69) is 42.5 Å². The van der Waals surface area contributed by atoms with Crippen molar-refractivity contribution >= 4 is 43.5 Å². The predicted molar refractivity (Wildman–Crippen MR) is 165 cm³/mol. The van der Waals surface area contributed by atoms with Crippen LogP contribution in [0, 0.1) is 0 Å². The molecule has 0 aliphatic heterocycles. The van der Waals surface area contributed by atoms with Crippen molar-refractivity contribution in [2.24, 2.45) is 0 Å². The molecule has 1 heterocycles. The van der Waals surface area contributed by atoms with Crippen LogP contribution in [0.15, 0.2) is 150 Å². The van der Waals surface area contributed by atoms with E-state index >= 15 is 0 Å². The molecule has 0 unspecified atom stereocenters. The highest BCUT2D eigenvalue weighted by atomic mass is 16.3. The highest BCUT2D eigenvalue weighted by Gasteiger charge is 2.19. The van der Waals surface area contributed by atoms with Gasteiger partial charge in [-0.1, -0.05) is 127 Å². The van der Waals surface area contributed by atoms with Crippen molar-refractivity contribution in [1.29, 1.82) is 0 Å². The van der Waals surface area contributed by atoms with Crippen LogP contribution in [0.3, 0.4) is 0 Å². The third kappa shape index (κ3) is 3.41. The van der Waals surface area contributed by atoms with Crippen molar-refractivity contribution in [2.75, 3.05) is 0 Å². The van der Waals surface area contributed by atoms with Gasteiger partial charge in [-0.15, -0.1) is 0 Å². The predicted octanol–water partition coefficient (Wildman–Crippen LogP) is 10.9. The second kappa shape index (κ2) is 8.72. The topological polar surface area (TPSA) is 13.1 Å². The normalized spacial score (nSPS) is 13.4. The molecule has 1 heteroatoms. The summed E-state index contributed by atoms with van der Waals surface area (Å²) >= 11 is 0. The van der Waals surface area contributed by atoms with E-state index in [-0.39, 0.29) is 29.7 Å². The van der Waals surface area contributed by atoms with Crippen molar-refractivity contribution < 1.29 is 11.3 Å². The number of rotatable bonds is 3. The fourth-order valence-corrected chi connectivity index (χ4v) is 5.91. The molecule has 0 radical (unpaired) electrons. The summed E-state index contributed by atoms with van der Waals surface area (Å²) in [6, 6.07) is 37.1. The minimum absolute atomic E-state index is 0.195. The Morgan fingerprint density at radius 2 is 0.949 bits per heavy atom. The summed E-state index contributed by atoms with van der Waals surface area (Å²) in [5, 5.41) is 6.27. The fraction of sp³-hybridized carbons (Fsp3) is 0. The molecule has 39 heavy (non-hydrogen) atoms. The van der Waals surface area contributed by atoms with E-state index < -0.39 is 6.04 Å². The SMILES string of the molecule is [2H]c1c([2H])c([2H])c(-c2ccccc2-c2c3ccccc3c(-c3ccc4oc5ccccc5c4c3)c3ccccc23)c([2H])c1[2H]. The smallest absolute Gasteiger partial charge is 0.135 e. The fourth-order valence-electron chi connectivity index (χ4n) is 5.91. The van der Waals surface area contributed by atoms with Crippen LogP contribution in [0.4, 0.5) is 0 Å². The quantitative estimate of drug-likeness (QED) is 0.219. The molecule has 7 aromatic carbocycles. The van der Waals surface area contributed by atoms with Gasteiger partial charge >= 0.3 is 0 Å². The molecule has 182 valence electrons. The highest BCUT2D eigenvalue weighted by Crippen LogP contribution is 2.46. The van der Waals surface area contributed by atoms with Gasteiger partial charge in [-0.3, -0.25) is 0 Å². The van der Waals surface area contributed by atoms with Crippen molar-refractivity contribution in [2.45, 2.75) is 0 Å². The van der Waals surface area contributed by atoms with E-state index in [9.17, 15) is 0 Å². The number of furan rings is 1. The van der Waals surface area contributed by atoms with E-state index in [0.717, 1.165) is 65.7 Å². The van der Waals surface area contributed by atoms with Crippen molar-refractivity contribution in [3.63, 3.8) is 0 Å². The average Bonchev–Trinajstić information content (AvgIpc) is 3.44. The van der Waals surface area contributed by atoms with Crippen LogP contribution >= 0.6 is 0 Å². The molecule has 0 spiro atoms. The maximum absolute atomic E-state index is 8.73. The lowest BCUT2D eigenvalue weighted by Gasteiger charge is -2.19. The van der Waals surface area contributed by atoms with E-state index in [1.807, 2.05) is 72.8 Å². The van der Waals surface area contributed by atoms with Crippen LogP contribution in [0.25, 0.3) is 76.9 Å². The number of para-hydroxylation sites is 1. The van der Waals surface area contributed by atoms with Crippen molar-refractivity contribution in [3.8, 4) is 33.4 Å². The van der Waals surface area contributed by atoms with Gasteiger partial charge in [-0.2, -0.15) is 0 Å². The first-order chi connectivity index (χ1) is 21.4. The Hall–Kier alpha value is -5.14. The Balaban J connectivity index is 1.48. The maximum Gasteiger partial charge on any atom is 0.135 e. The minimum atomic E-state index is -0.399. The summed E-state index contributed by atoms with van der Waals surface area (Å²) < 4.78 is 48.4. The van der Waals surface area contributed by atoms with E-state index in [1.54, 1.807) is 0 Å². The van der Waals surface area contributed by atoms with Crippen LogP contribution in [0.2, 0.25) is 0 Å². The molecule has 0 saturated carbocycles. The Kier molecular flexibility index (Phi) is 3.89. The summed E-state index contributed by atoms with van der Waals surface area (Å²) in [5.74, 6) is 0. The van der Waals surface area contributed by atoms with Crippen LogP contribution < -0.4 is 0 Å². The van der Waals surface area contributed by atoms with Gasteiger partial charge in [0.05, 0.1) is 6.85 Å². The van der Waals surface area contributed by atoms with E-state index in [1.165, 1.54) is 0 Å². The largest absolute Gasteiger partial charge is 0.456 e. The summed E-state index contributed by atoms with van der Waals surface area (Å²) in [4.78, 5) is 0. The van der Waals surface area contributed by atoms with E-state index in [0.29, 0.717) is 5.56 Å². The zero-order chi connectivity index (χ0) is 30.1. The Morgan fingerprint density at radius 1 is 0.410 bits per heavy atom. The summed E-state index contributed by atoms with van der Waals surface area (Å²) in [5.41, 5.74) is 6.43. The molecular formula is C38H24O. The molecule has 0 saturated heterocycles. The lowest BCUT2D eigenvalue weighted by molar-refractivity contribution is 0.669. The van der Waals surface area contributed by atoms with E-state index in [4.69, 9.17) is 11.3 Å². The standard InChI is InChI=1S/C38H24O/c1-2-12-25(13-3-1)27-14-4-5-16-29(27)38-32-19-8-6-17-30(32)37(31-18-7-9-20-33(31)38)26-22-23-36-34(24-26)28-15-10-11-21-35(28)39-36/h1-24H/i1D,2D,3D,12D,13D. The molecule has 1 aromatic heterocycles. The van der Waals surface area contributed by atoms with Gasteiger partial charge in [0.15, 0.2) is 0 Å². The molecule has 0 N–H and O–H groups in total. The lowest BCUT2D eigenvalue weighted by atomic mass is 9.83. The number of benzene rings is 7. The highest BCUT2D eigenvalue weighted by molar-refractivity contribution is 6.23. The molecular weight excluding hydrogens is 472 g/mol. The molecule has 0 atom stereocenters. The van der Waals surface area contributed by atoms with Gasteiger partial charge in [-0.25, -0.2) is 0 Å². The summed E-state index contributed by atoms with van der Waals surface area (Å²) in [6.07, 6.45) is 0. The van der Waals surface area contributed by atoms with Crippen molar-refractivity contribution in [3.05, 3.63) is 145 Å². The first-order valence-electron chi connectivity index (χ1n) is 15.5. The number of hydrogen-bond donors (Lipinski definition) is 0. The molecule has 8 aromatic rings. The molecule has 0 bridgehead atoms. The monoisotopic (exact) mass is 501 g/mol. The van der Waals surface area contributed by atoms with Crippen LogP contribution in [-0.2, 0) is 0 Å². The van der Waals surface area contributed by atoms with Crippen LogP contribution in [-0.4, -0.2) is 0 Å². The zero-order valence-electron chi connectivity index (χ0n) is 25.9. The molecule has 0 aliphatic rings. The zero-order valence-corrected chi connectivity index (χ0v) is 20.9. The van der Waals surface area contributed by atoms with Gasteiger partial charge in [0.1, 0.15) is 11.2 Å². The number of fused-ring (bicyclic) bond motifs is 5. The Morgan fingerprint density at radius 3 is 1.64 bits per heavy atom. The number of hydrogen-bond acceptors (Lipinski definition) is 1. The maximum atomic E-state index is 8.73. The van der Waals surface area contributed by atoms with Crippen LogP contribution in [0.1, 0.15) is 6.85 Å². The average molecular weight is 502 g/mol. The minimum Gasteiger partial charge on any atom is -0.456 e. The molecule has 0 fully saturated rings. The summed E-state index contributed by atoms with van der Waals surface area (Å²) in [7, 11) is 0. The van der Waals surface area contributed by atoms with Gasteiger partial charge in [0.2, 0.25) is 0 Å². The first kappa shape index (κ1) is 17.4. The molecule has 8 rings (SSSR count). The van der Waals surface area contributed by atoms with Gasteiger partial charge in [0, 0.05) is 10.8 Å². The second-order valence-corrected chi connectivity index (χ2v) is 9.70. The van der Waals surface area contributed by atoms with Crippen molar-refractivity contribution in [1.82, 2.24) is 0 Å². The Bertz CT molecular complexity index is 2370. The molecule has 1 nitrogen and oxygen atoms in total. The third-order valence-electron chi connectivity index (χ3n) is 7.56. The second-order valence-electron chi connectivity index (χ2n) is 9.70. The summed E-state index contributed by atoms with van der Waals surface area (Å²) in [6.45, 7) is 0. The van der Waals surface area contributed by atoms with Crippen LogP contribution in [0.5, 0.6) is 0 Å². The molecule has 0 amide bonds. The van der Waals surface area contributed by atoms with Gasteiger partial charge < -0.3 is 4.42 Å². The Labute approximate surface area is 233 Å². The first-order valence-corrected chi connectivity index (χ1v) is 13.0. The third-order valence-corrected chi connectivity index (χ3v) is 7.56. The van der Waals surface area contributed by atoms with Gasteiger partial charge in [-0.05, 0) is 73.1 Å².